The van der Waals surface area contributed by atoms with Crippen molar-refractivity contribution in [2.45, 2.75) is 32.7 Å². The van der Waals surface area contributed by atoms with E-state index in [1.165, 1.54) is 22.0 Å². The Labute approximate surface area is 90.5 Å². The minimum atomic E-state index is -0.154. The van der Waals surface area contributed by atoms with E-state index in [-0.39, 0.29) is 5.54 Å². The van der Waals surface area contributed by atoms with Crippen molar-refractivity contribution < 1.29 is 0 Å². The fourth-order valence-corrected chi connectivity index (χ4v) is 2.00. The third-order valence-electron chi connectivity index (χ3n) is 2.66. The molecule has 2 rings (SSSR count). The van der Waals surface area contributed by atoms with Gasteiger partial charge in [0.15, 0.2) is 0 Å². The molecule has 0 amide bonds. The lowest BCUT2D eigenvalue weighted by Gasteiger charge is -2.17. The fourth-order valence-electron chi connectivity index (χ4n) is 2.00. The second-order valence-electron chi connectivity index (χ2n) is 4.98. The summed E-state index contributed by atoms with van der Waals surface area (Å²) < 4.78 is 0. The van der Waals surface area contributed by atoms with Crippen molar-refractivity contribution in [3.05, 3.63) is 35.5 Å². The second-order valence-corrected chi connectivity index (χ2v) is 4.98. The summed E-state index contributed by atoms with van der Waals surface area (Å²) in [5.74, 6) is 0. The molecule has 0 saturated carbocycles. The molecule has 2 aromatic rings. The average Bonchev–Trinajstić information content (AvgIpc) is 2.48. The standard InChI is InChI=1S/C13H18N2/c1-9-5-4-6-11-10(7-13(2,3)14)8-15-12(9)11/h4-6,8,15H,7,14H2,1-3H3. The maximum absolute atomic E-state index is 6.04. The zero-order valence-electron chi connectivity index (χ0n) is 9.59. The molecule has 0 atom stereocenters. The maximum Gasteiger partial charge on any atom is 0.0486 e. The van der Waals surface area contributed by atoms with Gasteiger partial charge < -0.3 is 10.7 Å². The van der Waals surface area contributed by atoms with Gasteiger partial charge in [-0.2, -0.15) is 0 Å². The van der Waals surface area contributed by atoms with Crippen molar-refractivity contribution in [1.29, 1.82) is 0 Å². The van der Waals surface area contributed by atoms with Crippen LogP contribution in [-0.4, -0.2) is 10.5 Å². The van der Waals surface area contributed by atoms with Crippen molar-refractivity contribution in [3.63, 3.8) is 0 Å². The van der Waals surface area contributed by atoms with Gasteiger partial charge in [-0.15, -0.1) is 0 Å². The van der Waals surface area contributed by atoms with Crippen molar-refractivity contribution in [2.24, 2.45) is 5.73 Å². The summed E-state index contributed by atoms with van der Waals surface area (Å²) in [6.45, 7) is 6.24. The number of aromatic amines is 1. The molecule has 0 unspecified atom stereocenters. The molecule has 2 nitrogen and oxygen atoms in total. The molecule has 15 heavy (non-hydrogen) atoms. The molecule has 3 N–H and O–H groups in total. The smallest absolute Gasteiger partial charge is 0.0486 e. The van der Waals surface area contributed by atoms with Crippen LogP contribution in [0.4, 0.5) is 0 Å². The third kappa shape index (κ3) is 2.05. The largest absolute Gasteiger partial charge is 0.361 e. The summed E-state index contributed by atoms with van der Waals surface area (Å²) in [5, 5.41) is 1.30. The number of hydrogen-bond donors (Lipinski definition) is 2. The molecule has 80 valence electrons. The number of aromatic nitrogens is 1. The molecule has 1 heterocycles. The third-order valence-corrected chi connectivity index (χ3v) is 2.66. The first-order valence-corrected chi connectivity index (χ1v) is 5.32. The predicted octanol–water partition coefficient (Wildman–Crippen LogP) is 2.76. The molecule has 0 aliphatic carbocycles. The van der Waals surface area contributed by atoms with Crippen LogP contribution in [0.2, 0.25) is 0 Å². The molecular weight excluding hydrogens is 184 g/mol. The minimum Gasteiger partial charge on any atom is -0.361 e. The van der Waals surface area contributed by atoms with Crippen LogP contribution in [0, 0.1) is 6.92 Å². The quantitative estimate of drug-likeness (QED) is 0.772. The van der Waals surface area contributed by atoms with Crippen LogP contribution < -0.4 is 5.73 Å². The average molecular weight is 202 g/mol. The highest BCUT2D eigenvalue weighted by molar-refractivity contribution is 5.85. The van der Waals surface area contributed by atoms with E-state index in [1.807, 2.05) is 0 Å². The topological polar surface area (TPSA) is 41.8 Å². The van der Waals surface area contributed by atoms with Crippen LogP contribution in [0.15, 0.2) is 24.4 Å². The van der Waals surface area contributed by atoms with Crippen molar-refractivity contribution in [2.75, 3.05) is 0 Å². The number of nitrogens with two attached hydrogens (primary N) is 1. The minimum absolute atomic E-state index is 0.154. The predicted molar refractivity (Wildman–Crippen MR) is 65.0 cm³/mol. The van der Waals surface area contributed by atoms with Gasteiger partial charge in [0.1, 0.15) is 0 Å². The van der Waals surface area contributed by atoms with Gasteiger partial charge in [-0.3, -0.25) is 0 Å². The second kappa shape index (κ2) is 3.38. The highest BCUT2D eigenvalue weighted by Crippen LogP contribution is 2.23. The Balaban J connectivity index is 2.50. The lowest BCUT2D eigenvalue weighted by Crippen LogP contribution is -2.34. The first kappa shape index (κ1) is 10.2. The Bertz CT molecular complexity index is 475. The van der Waals surface area contributed by atoms with Crippen molar-refractivity contribution in [3.8, 4) is 0 Å². The number of nitrogens with one attached hydrogen (secondary N) is 1. The Hall–Kier alpha value is -1.28. The summed E-state index contributed by atoms with van der Waals surface area (Å²) in [4.78, 5) is 3.32. The van der Waals surface area contributed by atoms with E-state index in [2.05, 4.69) is 50.2 Å². The molecule has 0 bridgehead atoms. The van der Waals surface area contributed by atoms with Gasteiger partial charge >= 0.3 is 0 Å². The molecule has 2 heteroatoms. The lowest BCUT2D eigenvalue weighted by atomic mass is 9.95. The molecule has 0 fully saturated rings. The van der Waals surface area contributed by atoms with E-state index in [0.29, 0.717) is 0 Å². The van der Waals surface area contributed by atoms with Crippen LogP contribution in [-0.2, 0) is 6.42 Å². The van der Waals surface area contributed by atoms with Gasteiger partial charge in [-0.25, -0.2) is 0 Å². The van der Waals surface area contributed by atoms with Crippen LogP contribution in [0.25, 0.3) is 10.9 Å². The van der Waals surface area contributed by atoms with E-state index >= 15 is 0 Å². The molecule has 0 spiro atoms. The Kier molecular flexibility index (Phi) is 2.31. The Morgan fingerprint density at radius 2 is 2.07 bits per heavy atom. The molecule has 0 aliphatic heterocycles. The van der Waals surface area contributed by atoms with Gasteiger partial charge in [0.25, 0.3) is 0 Å². The zero-order valence-corrected chi connectivity index (χ0v) is 9.59. The molecule has 0 aliphatic rings. The number of rotatable bonds is 2. The summed E-state index contributed by atoms with van der Waals surface area (Å²) in [6, 6.07) is 6.37. The van der Waals surface area contributed by atoms with E-state index in [4.69, 9.17) is 5.73 Å². The Morgan fingerprint density at radius 3 is 2.73 bits per heavy atom. The SMILES string of the molecule is Cc1cccc2c(CC(C)(C)N)c[nH]c12. The molecule has 0 saturated heterocycles. The molecule has 1 aromatic carbocycles. The zero-order chi connectivity index (χ0) is 11.1. The van der Waals surface area contributed by atoms with Crippen LogP contribution >= 0.6 is 0 Å². The number of H-pyrrole nitrogens is 1. The number of benzene rings is 1. The van der Waals surface area contributed by atoms with Crippen LogP contribution in [0.1, 0.15) is 25.0 Å². The van der Waals surface area contributed by atoms with Crippen molar-refractivity contribution >= 4 is 10.9 Å². The summed E-state index contributed by atoms with van der Waals surface area (Å²) in [6.07, 6.45) is 2.97. The van der Waals surface area contributed by atoms with E-state index < -0.39 is 0 Å². The molecule has 1 aromatic heterocycles. The number of aryl methyl sites for hydroxylation is 1. The lowest BCUT2D eigenvalue weighted by molar-refractivity contribution is 0.518. The van der Waals surface area contributed by atoms with Crippen molar-refractivity contribution in [1.82, 2.24) is 4.98 Å². The number of para-hydroxylation sites is 1. The summed E-state index contributed by atoms with van der Waals surface area (Å²) in [5.41, 5.74) is 9.71. The Morgan fingerprint density at radius 1 is 1.33 bits per heavy atom. The monoisotopic (exact) mass is 202 g/mol. The summed E-state index contributed by atoms with van der Waals surface area (Å²) >= 11 is 0. The van der Waals surface area contributed by atoms with Crippen LogP contribution in [0.3, 0.4) is 0 Å². The molecule has 0 radical (unpaired) electrons. The summed E-state index contributed by atoms with van der Waals surface area (Å²) in [7, 11) is 0. The molecular formula is C13H18N2. The first-order chi connectivity index (χ1) is 6.97. The maximum atomic E-state index is 6.04. The number of hydrogen-bond acceptors (Lipinski definition) is 1. The van der Waals surface area contributed by atoms with Crippen LogP contribution in [0.5, 0.6) is 0 Å². The van der Waals surface area contributed by atoms with Gasteiger partial charge in [0.05, 0.1) is 0 Å². The van der Waals surface area contributed by atoms with E-state index in [1.54, 1.807) is 0 Å². The highest BCUT2D eigenvalue weighted by Gasteiger charge is 2.14. The van der Waals surface area contributed by atoms with E-state index in [0.717, 1.165) is 6.42 Å². The van der Waals surface area contributed by atoms with Gasteiger partial charge in [-0.1, -0.05) is 18.2 Å². The highest BCUT2D eigenvalue weighted by atomic mass is 14.7. The first-order valence-electron chi connectivity index (χ1n) is 5.32. The van der Waals surface area contributed by atoms with Gasteiger partial charge in [0, 0.05) is 22.6 Å². The van der Waals surface area contributed by atoms with E-state index in [9.17, 15) is 0 Å². The fraction of sp³-hybridized carbons (Fsp3) is 0.385. The normalized spacial score (nSPS) is 12.3. The van der Waals surface area contributed by atoms with Gasteiger partial charge in [-0.05, 0) is 38.3 Å². The van der Waals surface area contributed by atoms with Gasteiger partial charge in [0.2, 0.25) is 0 Å². The number of fused-ring (bicyclic) bond motifs is 1.